The fraction of sp³-hybridized carbons (Fsp3) is 0.562. The number of amides is 1. The lowest BCUT2D eigenvalue weighted by Gasteiger charge is -2.38. The van der Waals surface area contributed by atoms with Crippen molar-refractivity contribution in [1.82, 2.24) is 4.90 Å². The first-order valence-electron chi connectivity index (χ1n) is 7.14. The van der Waals surface area contributed by atoms with E-state index in [9.17, 15) is 4.79 Å². The van der Waals surface area contributed by atoms with Gasteiger partial charge in [0.1, 0.15) is 0 Å². The summed E-state index contributed by atoms with van der Waals surface area (Å²) in [5, 5.41) is 3.13. The number of rotatable bonds is 2. The Morgan fingerprint density at radius 3 is 2.74 bits per heavy atom. The maximum Gasteiger partial charge on any atom is 0.254 e. The van der Waals surface area contributed by atoms with E-state index in [1.165, 1.54) is 6.42 Å². The topological polar surface area (TPSA) is 32.3 Å². The third-order valence-electron chi connectivity index (χ3n) is 4.38. The van der Waals surface area contributed by atoms with Gasteiger partial charge in [0.25, 0.3) is 5.91 Å². The zero-order valence-electron chi connectivity index (χ0n) is 12.4. The second-order valence-corrected chi connectivity index (χ2v) is 5.64. The molecule has 1 N–H and O–H groups in total. The summed E-state index contributed by atoms with van der Waals surface area (Å²) in [5.41, 5.74) is 3.00. The predicted molar refractivity (Wildman–Crippen MR) is 79.6 cm³/mol. The van der Waals surface area contributed by atoms with Crippen molar-refractivity contribution >= 4 is 11.6 Å². The van der Waals surface area contributed by atoms with Crippen molar-refractivity contribution in [1.29, 1.82) is 0 Å². The number of carbonyl (C=O) groups is 1. The molecule has 0 spiro atoms. The van der Waals surface area contributed by atoms with Crippen LogP contribution in [-0.4, -0.2) is 30.4 Å². The molecule has 0 aliphatic carbocycles. The van der Waals surface area contributed by atoms with Gasteiger partial charge in [0.2, 0.25) is 0 Å². The van der Waals surface area contributed by atoms with Gasteiger partial charge in [-0.2, -0.15) is 0 Å². The molecule has 2 rings (SSSR count). The van der Waals surface area contributed by atoms with Crippen molar-refractivity contribution in [2.24, 2.45) is 5.92 Å². The Bertz CT molecular complexity index is 470. The van der Waals surface area contributed by atoms with Gasteiger partial charge >= 0.3 is 0 Å². The lowest BCUT2D eigenvalue weighted by molar-refractivity contribution is 0.0551. The maximum atomic E-state index is 12.6. The normalized spacial score (nSPS) is 23.3. The Labute approximate surface area is 116 Å². The number of carbonyl (C=O) groups excluding carboxylic acids is 1. The summed E-state index contributed by atoms with van der Waals surface area (Å²) in [4.78, 5) is 14.6. The number of aryl methyl sites for hydroxylation is 1. The van der Waals surface area contributed by atoms with Crippen LogP contribution in [0, 0.1) is 12.8 Å². The molecule has 1 aliphatic heterocycles. The summed E-state index contributed by atoms with van der Waals surface area (Å²) >= 11 is 0. The van der Waals surface area contributed by atoms with Crippen LogP contribution in [0.3, 0.4) is 0 Å². The second kappa shape index (κ2) is 5.64. The Morgan fingerprint density at radius 1 is 1.37 bits per heavy atom. The van der Waals surface area contributed by atoms with Gasteiger partial charge in [-0.05, 0) is 56.4 Å². The molecule has 1 amide bonds. The van der Waals surface area contributed by atoms with Gasteiger partial charge in [-0.15, -0.1) is 0 Å². The molecule has 1 aromatic rings. The van der Waals surface area contributed by atoms with Crippen molar-refractivity contribution in [3.63, 3.8) is 0 Å². The molecule has 0 aromatic heterocycles. The predicted octanol–water partition coefficient (Wildman–Crippen LogP) is 3.30. The van der Waals surface area contributed by atoms with Gasteiger partial charge in [0.05, 0.1) is 0 Å². The molecule has 19 heavy (non-hydrogen) atoms. The zero-order valence-corrected chi connectivity index (χ0v) is 12.4. The molecule has 0 saturated carbocycles. The third kappa shape index (κ3) is 2.75. The van der Waals surface area contributed by atoms with E-state index in [4.69, 9.17) is 0 Å². The number of hydrogen-bond acceptors (Lipinski definition) is 2. The molecule has 2 unspecified atom stereocenters. The van der Waals surface area contributed by atoms with Crippen LogP contribution in [0.15, 0.2) is 18.2 Å². The number of nitrogens with one attached hydrogen (secondary N) is 1. The minimum absolute atomic E-state index is 0.171. The summed E-state index contributed by atoms with van der Waals surface area (Å²) in [6, 6.07) is 6.24. The van der Waals surface area contributed by atoms with E-state index in [-0.39, 0.29) is 5.91 Å². The summed E-state index contributed by atoms with van der Waals surface area (Å²) in [6.07, 6.45) is 2.34. The van der Waals surface area contributed by atoms with E-state index >= 15 is 0 Å². The molecule has 1 aliphatic rings. The van der Waals surface area contributed by atoms with E-state index < -0.39 is 0 Å². The fourth-order valence-electron chi connectivity index (χ4n) is 2.87. The standard InChI is InChI=1S/C16H24N2O/c1-11-6-5-9-18(13(11)3)16(19)14-7-8-15(17-4)12(2)10-14/h7-8,10-11,13,17H,5-6,9H2,1-4H3. The monoisotopic (exact) mass is 260 g/mol. The number of likely N-dealkylation sites (tertiary alicyclic amines) is 1. The number of benzene rings is 1. The van der Waals surface area contributed by atoms with Crippen LogP contribution < -0.4 is 5.32 Å². The molecular weight excluding hydrogens is 236 g/mol. The van der Waals surface area contributed by atoms with Crippen molar-refractivity contribution in [2.45, 2.75) is 39.7 Å². The Kier molecular flexibility index (Phi) is 4.13. The summed E-state index contributed by atoms with van der Waals surface area (Å²) in [7, 11) is 1.90. The maximum absolute atomic E-state index is 12.6. The smallest absolute Gasteiger partial charge is 0.254 e. The number of piperidine rings is 1. The highest BCUT2D eigenvalue weighted by Crippen LogP contribution is 2.25. The van der Waals surface area contributed by atoms with E-state index in [0.29, 0.717) is 12.0 Å². The molecule has 2 atom stereocenters. The van der Waals surface area contributed by atoms with Gasteiger partial charge < -0.3 is 10.2 Å². The Hall–Kier alpha value is -1.51. The van der Waals surface area contributed by atoms with Crippen molar-refractivity contribution in [3.05, 3.63) is 29.3 Å². The van der Waals surface area contributed by atoms with Gasteiger partial charge in [-0.25, -0.2) is 0 Å². The Morgan fingerprint density at radius 2 is 2.11 bits per heavy atom. The first-order chi connectivity index (χ1) is 9.04. The molecule has 3 heteroatoms. The first-order valence-corrected chi connectivity index (χ1v) is 7.14. The zero-order chi connectivity index (χ0) is 14.0. The molecule has 1 fully saturated rings. The van der Waals surface area contributed by atoms with Gasteiger partial charge in [0.15, 0.2) is 0 Å². The van der Waals surface area contributed by atoms with E-state index in [1.807, 2.05) is 37.1 Å². The van der Waals surface area contributed by atoms with Crippen molar-refractivity contribution < 1.29 is 4.79 Å². The lowest BCUT2D eigenvalue weighted by Crippen LogP contribution is -2.46. The minimum Gasteiger partial charge on any atom is -0.388 e. The first kappa shape index (κ1) is 13.9. The van der Waals surface area contributed by atoms with E-state index in [1.54, 1.807) is 0 Å². The molecule has 3 nitrogen and oxygen atoms in total. The average molecular weight is 260 g/mol. The highest BCUT2D eigenvalue weighted by molar-refractivity contribution is 5.95. The average Bonchev–Trinajstić information content (AvgIpc) is 2.41. The van der Waals surface area contributed by atoms with Crippen molar-refractivity contribution in [2.75, 3.05) is 18.9 Å². The lowest BCUT2D eigenvalue weighted by atomic mass is 9.91. The highest BCUT2D eigenvalue weighted by atomic mass is 16.2. The SMILES string of the molecule is CNc1ccc(C(=O)N2CCCC(C)C2C)cc1C. The van der Waals surface area contributed by atoms with Gasteiger partial charge in [-0.1, -0.05) is 6.92 Å². The molecule has 0 radical (unpaired) electrons. The van der Waals surface area contributed by atoms with Crippen LogP contribution in [0.25, 0.3) is 0 Å². The van der Waals surface area contributed by atoms with Crippen LogP contribution in [-0.2, 0) is 0 Å². The van der Waals surface area contributed by atoms with E-state index in [0.717, 1.165) is 29.8 Å². The summed E-state index contributed by atoms with van der Waals surface area (Å²) < 4.78 is 0. The quantitative estimate of drug-likeness (QED) is 0.885. The van der Waals surface area contributed by atoms with Crippen LogP contribution in [0.5, 0.6) is 0 Å². The van der Waals surface area contributed by atoms with Gasteiger partial charge in [0, 0.05) is 30.9 Å². The Balaban J connectivity index is 2.21. The number of anilines is 1. The molecular formula is C16H24N2O. The van der Waals surface area contributed by atoms with Crippen LogP contribution >= 0.6 is 0 Å². The molecule has 0 bridgehead atoms. The molecule has 1 heterocycles. The second-order valence-electron chi connectivity index (χ2n) is 5.64. The molecule has 104 valence electrons. The number of nitrogens with zero attached hydrogens (tertiary/aromatic N) is 1. The summed E-state index contributed by atoms with van der Waals surface area (Å²) in [5.74, 6) is 0.764. The number of hydrogen-bond donors (Lipinski definition) is 1. The molecule has 1 aromatic carbocycles. The third-order valence-corrected chi connectivity index (χ3v) is 4.38. The minimum atomic E-state index is 0.171. The van der Waals surface area contributed by atoms with Crippen LogP contribution in [0.1, 0.15) is 42.6 Å². The van der Waals surface area contributed by atoms with Crippen LogP contribution in [0.4, 0.5) is 5.69 Å². The van der Waals surface area contributed by atoms with E-state index in [2.05, 4.69) is 19.2 Å². The van der Waals surface area contributed by atoms with Crippen molar-refractivity contribution in [3.8, 4) is 0 Å². The highest BCUT2D eigenvalue weighted by Gasteiger charge is 2.28. The largest absolute Gasteiger partial charge is 0.388 e. The van der Waals surface area contributed by atoms with Crippen LogP contribution in [0.2, 0.25) is 0 Å². The summed E-state index contributed by atoms with van der Waals surface area (Å²) in [6.45, 7) is 7.32. The molecule has 1 saturated heterocycles. The fourth-order valence-corrected chi connectivity index (χ4v) is 2.87. The van der Waals surface area contributed by atoms with Gasteiger partial charge in [-0.3, -0.25) is 4.79 Å².